The molecule has 8 heteroatoms. The number of rotatable bonds is 6. The van der Waals surface area contributed by atoms with Gasteiger partial charge in [-0.15, -0.1) is 0 Å². The summed E-state index contributed by atoms with van der Waals surface area (Å²) >= 11 is 5.82. The van der Waals surface area contributed by atoms with Gasteiger partial charge in [-0.2, -0.15) is 0 Å². The standard InChI is InChI=1S/C19H18ClF3N2O2/c1-11(12-3-6-16(22)17(23)9-12)25(2)18(26)7-8-24-19(27)14-5-4-13(21)10-15(14)20/h3-6,9-11H,7-8H2,1-2H3,(H,24,27)/t11-/m1/s1. The lowest BCUT2D eigenvalue weighted by Crippen LogP contribution is -2.33. The molecule has 2 aromatic carbocycles. The molecule has 1 atom stereocenters. The Balaban J connectivity index is 1.90. The molecule has 144 valence electrons. The van der Waals surface area contributed by atoms with Crippen molar-refractivity contribution in [3.63, 3.8) is 0 Å². The molecule has 0 aliphatic rings. The second-order valence-electron chi connectivity index (χ2n) is 5.98. The van der Waals surface area contributed by atoms with E-state index in [2.05, 4.69) is 5.32 Å². The van der Waals surface area contributed by atoms with Crippen LogP contribution >= 0.6 is 11.6 Å². The lowest BCUT2D eigenvalue weighted by molar-refractivity contribution is -0.131. The summed E-state index contributed by atoms with van der Waals surface area (Å²) in [7, 11) is 1.53. The smallest absolute Gasteiger partial charge is 0.252 e. The predicted molar refractivity (Wildman–Crippen MR) is 95.9 cm³/mol. The molecule has 2 amide bonds. The Morgan fingerprint density at radius 1 is 1.11 bits per heavy atom. The van der Waals surface area contributed by atoms with Gasteiger partial charge in [-0.3, -0.25) is 9.59 Å². The van der Waals surface area contributed by atoms with Crippen molar-refractivity contribution in [2.24, 2.45) is 0 Å². The van der Waals surface area contributed by atoms with E-state index in [9.17, 15) is 22.8 Å². The molecule has 0 fully saturated rings. The van der Waals surface area contributed by atoms with Gasteiger partial charge < -0.3 is 10.2 Å². The van der Waals surface area contributed by atoms with E-state index in [0.717, 1.165) is 24.3 Å². The predicted octanol–water partition coefficient (Wildman–Crippen LogP) is 4.10. The zero-order valence-electron chi connectivity index (χ0n) is 14.7. The number of carbonyl (C=O) groups is 2. The van der Waals surface area contributed by atoms with Gasteiger partial charge in [-0.25, -0.2) is 13.2 Å². The van der Waals surface area contributed by atoms with E-state index in [-0.39, 0.29) is 29.5 Å². The topological polar surface area (TPSA) is 49.4 Å². The molecule has 0 bridgehead atoms. The molecule has 4 nitrogen and oxygen atoms in total. The Hall–Kier alpha value is -2.54. The molecule has 0 aliphatic carbocycles. The van der Waals surface area contributed by atoms with Gasteiger partial charge >= 0.3 is 0 Å². The minimum absolute atomic E-state index is 0.00489. The van der Waals surface area contributed by atoms with E-state index in [0.29, 0.717) is 5.56 Å². The van der Waals surface area contributed by atoms with E-state index in [1.807, 2.05) is 0 Å². The second-order valence-corrected chi connectivity index (χ2v) is 6.39. The van der Waals surface area contributed by atoms with Crippen LogP contribution < -0.4 is 5.32 Å². The Labute approximate surface area is 159 Å². The second kappa shape index (κ2) is 8.90. The molecule has 2 rings (SSSR count). The number of hydrogen-bond donors (Lipinski definition) is 1. The van der Waals surface area contributed by atoms with Crippen molar-refractivity contribution < 1.29 is 22.8 Å². The van der Waals surface area contributed by atoms with Crippen LogP contribution in [0.15, 0.2) is 36.4 Å². The molecule has 27 heavy (non-hydrogen) atoms. The third-order valence-corrected chi connectivity index (χ3v) is 4.51. The maximum absolute atomic E-state index is 13.4. The van der Waals surface area contributed by atoms with Gasteiger partial charge in [-0.05, 0) is 42.8 Å². The molecule has 0 radical (unpaired) electrons. The van der Waals surface area contributed by atoms with Gasteiger partial charge in [0.2, 0.25) is 5.91 Å². The van der Waals surface area contributed by atoms with E-state index >= 15 is 0 Å². The lowest BCUT2D eigenvalue weighted by atomic mass is 10.1. The summed E-state index contributed by atoms with van der Waals surface area (Å²) < 4.78 is 39.4. The highest BCUT2D eigenvalue weighted by Gasteiger charge is 2.19. The van der Waals surface area contributed by atoms with E-state index in [1.54, 1.807) is 6.92 Å². The third-order valence-electron chi connectivity index (χ3n) is 4.20. The largest absolute Gasteiger partial charge is 0.351 e. The Bertz CT molecular complexity index is 861. The average Bonchev–Trinajstić information content (AvgIpc) is 2.62. The number of nitrogens with one attached hydrogen (secondary N) is 1. The number of halogens is 4. The monoisotopic (exact) mass is 398 g/mol. The molecule has 0 aliphatic heterocycles. The number of benzene rings is 2. The van der Waals surface area contributed by atoms with Gasteiger partial charge in [-0.1, -0.05) is 17.7 Å². The molecule has 1 N–H and O–H groups in total. The third kappa shape index (κ3) is 5.23. The highest BCUT2D eigenvalue weighted by molar-refractivity contribution is 6.33. The van der Waals surface area contributed by atoms with Gasteiger partial charge in [0.15, 0.2) is 11.6 Å². The van der Waals surface area contributed by atoms with Crippen LogP contribution in [0.4, 0.5) is 13.2 Å². The van der Waals surface area contributed by atoms with Crippen molar-refractivity contribution in [3.8, 4) is 0 Å². The zero-order chi connectivity index (χ0) is 20.1. The summed E-state index contributed by atoms with van der Waals surface area (Å²) in [5, 5.41) is 2.51. The summed E-state index contributed by atoms with van der Waals surface area (Å²) in [6.45, 7) is 1.72. The fraction of sp³-hybridized carbons (Fsp3) is 0.263. The number of carbonyl (C=O) groups excluding carboxylic acids is 2. The first kappa shape index (κ1) is 20.8. The first-order chi connectivity index (χ1) is 12.7. The maximum Gasteiger partial charge on any atom is 0.252 e. The molecule has 0 aromatic heterocycles. The Morgan fingerprint density at radius 2 is 1.81 bits per heavy atom. The first-order valence-electron chi connectivity index (χ1n) is 8.14. The van der Waals surface area contributed by atoms with Gasteiger partial charge in [0.1, 0.15) is 5.82 Å². The van der Waals surface area contributed by atoms with Crippen molar-refractivity contribution in [2.45, 2.75) is 19.4 Å². The number of nitrogens with zero attached hydrogens (tertiary/aromatic N) is 1. The molecule has 0 unspecified atom stereocenters. The van der Waals surface area contributed by atoms with Crippen LogP contribution in [0.3, 0.4) is 0 Å². The zero-order valence-corrected chi connectivity index (χ0v) is 15.5. The molecule has 0 spiro atoms. The van der Waals surface area contributed by atoms with Crippen LogP contribution in [-0.2, 0) is 4.79 Å². The van der Waals surface area contributed by atoms with E-state index < -0.39 is 29.4 Å². The van der Waals surface area contributed by atoms with Crippen LogP contribution in [-0.4, -0.2) is 30.3 Å². The summed E-state index contributed by atoms with van der Waals surface area (Å²) in [6, 6.07) is 6.38. The molecule has 0 heterocycles. The van der Waals surface area contributed by atoms with E-state index in [4.69, 9.17) is 11.6 Å². The Morgan fingerprint density at radius 3 is 2.44 bits per heavy atom. The minimum Gasteiger partial charge on any atom is -0.351 e. The first-order valence-corrected chi connectivity index (χ1v) is 8.52. The molecule has 0 saturated heterocycles. The average molecular weight is 399 g/mol. The molecule has 2 aromatic rings. The van der Waals surface area contributed by atoms with Crippen molar-refractivity contribution >= 4 is 23.4 Å². The van der Waals surface area contributed by atoms with Crippen molar-refractivity contribution in [3.05, 3.63) is 70.0 Å². The fourth-order valence-electron chi connectivity index (χ4n) is 2.44. The summed E-state index contributed by atoms with van der Waals surface area (Å²) in [6.07, 6.45) is -0.00489. The van der Waals surface area contributed by atoms with Crippen LogP contribution in [0.5, 0.6) is 0 Å². The van der Waals surface area contributed by atoms with Crippen LogP contribution in [0.2, 0.25) is 5.02 Å². The van der Waals surface area contributed by atoms with Crippen molar-refractivity contribution in [2.75, 3.05) is 13.6 Å². The maximum atomic E-state index is 13.4. The molecule has 0 saturated carbocycles. The lowest BCUT2D eigenvalue weighted by Gasteiger charge is -2.25. The molecular formula is C19H18ClF3N2O2. The quantitative estimate of drug-likeness (QED) is 0.796. The number of amides is 2. The van der Waals surface area contributed by atoms with Crippen LogP contribution in [0.25, 0.3) is 0 Å². The summed E-state index contributed by atoms with van der Waals surface area (Å²) in [5.74, 6) is -3.31. The van der Waals surface area contributed by atoms with Crippen LogP contribution in [0, 0.1) is 17.5 Å². The SMILES string of the molecule is C[C@H](c1ccc(F)c(F)c1)N(C)C(=O)CCNC(=O)c1ccc(F)cc1Cl. The molecular weight excluding hydrogens is 381 g/mol. The minimum atomic E-state index is -0.983. The summed E-state index contributed by atoms with van der Waals surface area (Å²) in [4.78, 5) is 25.7. The summed E-state index contributed by atoms with van der Waals surface area (Å²) in [5.41, 5.74) is 0.556. The fourth-order valence-corrected chi connectivity index (χ4v) is 2.69. The van der Waals surface area contributed by atoms with Gasteiger partial charge in [0, 0.05) is 20.0 Å². The van der Waals surface area contributed by atoms with Crippen molar-refractivity contribution in [1.82, 2.24) is 10.2 Å². The van der Waals surface area contributed by atoms with Gasteiger partial charge in [0.25, 0.3) is 5.91 Å². The Kier molecular flexibility index (Phi) is 6.85. The van der Waals surface area contributed by atoms with Gasteiger partial charge in [0.05, 0.1) is 16.6 Å². The van der Waals surface area contributed by atoms with Crippen LogP contribution in [0.1, 0.15) is 35.3 Å². The highest BCUT2D eigenvalue weighted by Crippen LogP contribution is 2.21. The normalized spacial score (nSPS) is 11.8. The number of hydrogen-bond acceptors (Lipinski definition) is 2. The van der Waals surface area contributed by atoms with Crippen molar-refractivity contribution in [1.29, 1.82) is 0 Å². The van der Waals surface area contributed by atoms with E-state index in [1.165, 1.54) is 24.1 Å². The highest BCUT2D eigenvalue weighted by atomic mass is 35.5.